The van der Waals surface area contributed by atoms with E-state index in [0.29, 0.717) is 23.5 Å². The van der Waals surface area contributed by atoms with Crippen LogP contribution in [0.4, 0.5) is 20.3 Å². The van der Waals surface area contributed by atoms with Gasteiger partial charge in [-0.2, -0.15) is 0 Å². The molecule has 26 heavy (non-hydrogen) atoms. The maximum Gasteiger partial charge on any atom is 0.389 e. The summed E-state index contributed by atoms with van der Waals surface area (Å²) in [6.07, 6.45) is 0. The molecule has 0 aliphatic rings. The van der Waals surface area contributed by atoms with Crippen LogP contribution in [0, 0.1) is 21.7 Å². The summed E-state index contributed by atoms with van der Waals surface area (Å²) in [5.74, 6) is -2.78. The number of aromatic nitrogens is 1. The van der Waals surface area contributed by atoms with Gasteiger partial charge in [0.15, 0.2) is 4.21 Å². The van der Waals surface area contributed by atoms with Crippen LogP contribution in [0.3, 0.4) is 0 Å². The first-order valence-electron chi connectivity index (χ1n) is 7.08. The van der Waals surface area contributed by atoms with Crippen LogP contribution in [-0.4, -0.2) is 15.8 Å². The third-order valence-electron chi connectivity index (χ3n) is 3.07. The average Bonchev–Trinajstić information content (AvgIpc) is 3.03. The molecule has 0 saturated heterocycles. The van der Waals surface area contributed by atoms with Crippen molar-refractivity contribution in [2.24, 2.45) is 0 Å². The number of rotatable bonds is 5. The number of halogens is 2. The molecule has 3 aromatic rings. The lowest BCUT2D eigenvalue weighted by Crippen LogP contribution is -2.11. The quantitative estimate of drug-likeness (QED) is 0.500. The van der Waals surface area contributed by atoms with E-state index in [1.807, 2.05) is 0 Å². The van der Waals surface area contributed by atoms with Crippen molar-refractivity contribution < 1.29 is 18.5 Å². The molecule has 0 unspecified atom stereocenters. The van der Waals surface area contributed by atoms with Crippen LogP contribution in [-0.2, 0) is 0 Å². The maximum absolute atomic E-state index is 13.8. The average molecular weight is 393 g/mol. The van der Waals surface area contributed by atoms with Gasteiger partial charge in [-0.1, -0.05) is 41.3 Å². The minimum Gasteiger partial charge on any atom is -0.358 e. The lowest BCUT2D eigenvalue weighted by molar-refractivity contribution is -0.391. The fourth-order valence-electron chi connectivity index (χ4n) is 1.94. The molecule has 0 atom stereocenters. The van der Waals surface area contributed by atoms with Crippen molar-refractivity contribution in [2.75, 3.05) is 5.32 Å². The van der Waals surface area contributed by atoms with Crippen molar-refractivity contribution >= 4 is 40.5 Å². The van der Waals surface area contributed by atoms with Gasteiger partial charge in [0.2, 0.25) is 0 Å². The highest BCUT2D eigenvalue weighted by Gasteiger charge is 2.28. The Labute approximate surface area is 154 Å². The minimum atomic E-state index is -0.854. The van der Waals surface area contributed by atoms with E-state index in [1.54, 1.807) is 30.3 Å². The van der Waals surface area contributed by atoms with Crippen molar-refractivity contribution in [3.63, 3.8) is 0 Å². The van der Waals surface area contributed by atoms with Crippen LogP contribution in [0.2, 0.25) is 0 Å². The summed E-state index contributed by atoms with van der Waals surface area (Å²) in [6, 6.07) is 11.4. The van der Waals surface area contributed by atoms with Gasteiger partial charge in [0.1, 0.15) is 11.6 Å². The van der Waals surface area contributed by atoms with Gasteiger partial charge in [0.25, 0.3) is 5.01 Å². The molecule has 1 heterocycles. The molecule has 10 heteroatoms. The van der Waals surface area contributed by atoms with Gasteiger partial charge < -0.3 is 15.4 Å². The number of nitrogens with zero attached hydrogens (tertiary/aromatic N) is 2. The van der Waals surface area contributed by atoms with Gasteiger partial charge in [-0.15, -0.1) is 0 Å². The molecule has 0 radical (unpaired) electrons. The molecule has 0 aliphatic heterocycles. The molecule has 6 nitrogen and oxygen atoms in total. The minimum absolute atomic E-state index is 0.00633. The van der Waals surface area contributed by atoms with Gasteiger partial charge >= 0.3 is 11.7 Å². The Morgan fingerprint density at radius 1 is 1.19 bits per heavy atom. The number of hydrogen-bond acceptors (Lipinski definition) is 6. The number of hydrogen-bond donors (Lipinski definition) is 1. The van der Waals surface area contributed by atoms with E-state index in [9.17, 15) is 23.7 Å². The smallest absolute Gasteiger partial charge is 0.358 e. The summed E-state index contributed by atoms with van der Waals surface area (Å²) >= 11 is 1.48. The van der Waals surface area contributed by atoms with E-state index >= 15 is 0 Å². The van der Waals surface area contributed by atoms with Crippen molar-refractivity contribution in [1.29, 1.82) is 0 Å². The van der Waals surface area contributed by atoms with E-state index < -0.39 is 28.3 Å². The zero-order chi connectivity index (χ0) is 18.7. The number of benzene rings is 2. The number of nitro groups is 1. The van der Waals surface area contributed by atoms with E-state index in [0.717, 1.165) is 17.4 Å². The van der Waals surface area contributed by atoms with Crippen molar-refractivity contribution in [3.8, 4) is 0 Å². The van der Waals surface area contributed by atoms with Crippen molar-refractivity contribution in [1.82, 2.24) is 4.98 Å². The predicted molar refractivity (Wildman–Crippen MR) is 93.6 cm³/mol. The van der Waals surface area contributed by atoms with Crippen LogP contribution in [0.1, 0.15) is 9.80 Å². The Morgan fingerprint density at radius 3 is 2.58 bits per heavy atom. The second-order valence-corrected chi connectivity index (χ2v) is 7.19. The van der Waals surface area contributed by atoms with E-state index in [-0.39, 0.29) is 14.1 Å². The number of carbonyl (C=O) groups excluding carboxylic acids is 1. The molecule has 1 amide bonds. The monoisotopic (exact) mass is 393 g/mol. The number of thiazole rings is 1. The zero-order valence-electron chi connectivity index (χ0n) is 12.8. The topological polar surface area (TPSA) is 85.1 Å². The molecule has 0 fully saturated rings. The molecule has 132 valence electrons. The summed E-state index contributed by atoms with van der Waals surface area (Å²) in [6.45, 7) is 0. The first kappa shape index (κ1) is 18.0. The van der Waals surface area contributed by atoms with Gasteiger partial charge in [-0.3, -0.25) is 4.79 Å². The SMILES string of the molecule is O=C(Nc1ccccc1)c1nc([N+](=O)[O-])c(Sc2ccc(F)cc2F)s1. The largest absolute Gasteiger partial charge is 0.389 e. The molecular weight excluding hydrogens is 384 g/mol. The first-order valence-corrected chi connectivity index (χ1v) is 8.72. The summed E-state index contributed by atoms with van der Waals surface area (Å²) in [5, 5.41) is 13.6. The van der Waals surface area contributed by atoms with Gasteiger partial charge in [-0.05, 0) is 34.2 Å². The fraction of sp³-hybridized carbons (Fsp3) is 0. The van der Waals surface area contributed by atoms with Crippen molar-refractivity contribution in [3.05, 3.63) is 75.3 Å². The zero-order valence-corrected chi connectivity index (χ0v) is 14.4. The van der Waals surface area contributed by atoms with Crippen LogP contribution < -0.4 is 5.32 Å². The van der Waals surface area contributed by atoms with Crippen molar-refractivity contribution in [2.45, 2.75) is 9.10 Å². The molecule has 0 bridgehead atoms. The van der Waals surface area contributed by atoms with Crippen LogP contribution in [0.25, 0.3) is 0 Å². The first-order chi connectivity index (χ1) is 12.4. The lowest BCUT2D eigenvalue weighted by atomic mass is 10.3. The number of anilines is 1. The van der Waals surface area contributed by atoms with Gasteiger partial charge in [0, 0.05) is 16.6 Å². The summed E-state index contributed by atoms with van der Waals surface area (Å²) < 4.78 is 26.8. The maximum atomic E-state index is 13.8. The Morgan fingerprint density at radius 2 is 1.92 bits per heavy atom. The molecule has 3 rings (SSSR count). The molecule has 0 spiro atoms. The third kappa shape index (κ3) is 4.03. The second-order valence-electron chi connectivity index (χ2n) is 4.88. The summed E-state index contributed by atoms with van der Waals surface area (Å²) in [7, 11) is 0. The van der Waals surface area contributed by atoms with Gasteiger partial charge in [0.05, 0.1) is 0 Å². The Bertz CT molecular complexity index is 980. The third-order valence-corrected chi connectivity index (χ3v) is 5.33. The van der Waals surface area contributed by atoms with E-state index in [1.165, 1.54) is 6.07 Å². The number of nitrogens with one attached hydrogen (secondary N) is 1. The van der Waals surface area contributed by atoms with E-state index in [2.05, 4.69) is 10.3 Å². The fourth-order valence-corrected chi connectivity index (χ4v) is 3.98. The van der Waals surface area contributed by atoms with Crippen LogP contribution >= 0.6 is 23.1 Å². The summed E-state index contributed by atoms with van der Waals surface area (Å²) in [5.41, 5.74) is 0.508. The Kier molecular flexibility index (Phi) is 5.24. The molecule has 0 aliphatic carbocycles. The summed E-state index contributed by atoms with van der Waals surface area (Å²) in [4.78, 5) is 26.4. The van der Waals surface area contributed by atoms with Crippen LogP contribution in [0.15, 0.2) is 57.6 Å². The Balaban J connectivity index is 1.88. The normalized spacial score (nSPS) is 10.5. The van der Waals surface area contributed by atoms with Gasteiger partial charge in [-0.25, -0.2) is 8.78 Å². The molecule has 2 aromatic carbocycles. The highest BCUT2D eigenvalue weighted by atomic mass is 32.2. The number of para-hydroxylation sites is 1. The molecule has 0 saturated carbocycles. The predicted octanol–water partition coefficient (Wildman–Crippen LogP) is 4.73. The number of carbonyl (C=O) groups is 1. The molecule has 1 N–H and O–H groups in total. The number of amides is 1. The standard InChI is InChI=1S/C16H9F2N3O3S2/c17-9-6-7-12(11(18)8-9)25-16-13(21(23)24)20-15(26-16)14(22)19-10-4-2-1-3-5-10/h1-8H,(H,19,22). The lowest BCUT2D eigenvalue weighted by Gasteiger charge is -2.00. The Hall–Kier alpha value is -2.85. The highest BCUT2D eigenvalue weighted by molar-refractivity contribution is 8.01. The molecular formula is C16H9F2N3O3S2. The second kappa shape index (κ2) is 7.58. The molecule has 1 aromatic heterocycles. The highest BCUT2D eigenvalue weighted by Crippen LogP contribution is 2.40. The van der Waals surface area contributed by atoms with E-state index in [4.69, 9.17) is 0 Å². The van der Waals surface area contributed by atoms with Crippen LogP contribution in [0.5, 0.6) is 0 Å².